The van der Waals surface area contributed by atoms with Gasteiger partial charge in [-0.3, -0.25) is 9.89 Å². The molecule has 0 unspecified atom stereocenters. The van der Waals surface area contributed by atoms with Crippen LogP contribution in [-0.4, -0.2) is 74.4 Å². The van der Waals surface area contributed by atoms with Gasteiger partial charge in [-0.05, 0) is 45.4 Å². The predicted molar refractivity (Wildman–Crippen MR) is 122 cm³/mol. The molecule has 0 bridgehead atoms. The van der Waals surface area contributed by atoms with Gasteiger partial charge >= 0.3 is 6.18 Å². The number of halogens is 4. The van der Waals surface area contributed by atoms with E-state index in [-0.39, 0.29) is 36.6 Å². The molecule has 0 aromatic carbocycles. The second kappa shape index (κ2) is 12.4. The van der Waals surface area contributed by atoms with Gasteiger partial charge in [-0.2, -0.15) is 13.2 Å². The summed E-state index contributed by atoms with van der Waals surface area (Å²) in [5.74, 6) is 1.66. The number of piperidine rings is 1. The number of rotatable bonds is 7. The van der Waals surface area contributed by atoms with Crippen molar-refractivity contribution in [3.05, 3.63) is 23.9 Å². The molecule has 0 aliphatic carbocycles. The summed E-state index contributed by atoms with van der Waals surface area (Å²) in [5, 5.41) is 6.58. The van der Waals surface area contributed by atoms with Gasteiger partial charge in [0.1, 0.15) is 5.82 Å². The molecule has 10 heteroatoms. The van der Waals surface area contributed by atoms with Crippen molar-refractivity contribution in [1.29, 1.82) is 0 Å². The first-order valence-corrected chi connectivity index (χ1v) is 9.74. The van der Waals surface area contributed by atoms with Crippen molar-refractivity contribution in [3.8, 4) is 0 Å². The zero-order chi connectivity index (χ0) is 20.6. The summed E-state index contributed by atoms with van der Waals surface area (Å²) in [6.07, 6.45) is -0.394. The first kappa shape index (κ1) is 25.7. The number of anilines is 1. The third kappa shape index (κ3) is 9.83. The third-order valence-corrected chi connectivity index (χ3v) is 4.60. The van der Waals surface area contributed by atoms with Crippen LogP contribution in [-0.2, 0) is 0 Å². The van der Waals surface area contributed by atoms with Gasteiger partial charge < -0.3 is 15.5 Å². The van der Waals surface area contributed by atoms with E-state index in [2.05, 4.69) is 31.6 Å². The molecule has 0 atom stereocenters. The topological polar surface area (TPSA) is 55.8 Å². The third-order valence-electron chi connectivity index (χ3n) is 4.60. The van der Waals surface area contributed by atoms with Gasteiger partial charge in [0.2, 0.25) is 0 Å². The highest BCUT2D eigenvalue weighted by Crippen LogP contribution is 2.18. The van der Waals surface area contributed by atoms with Gasteiger partial charge in [-0.1, -0.05) is 6.07 Å². The van der Waals surface area contributed by atoms with E-state index in [0.29, 0.717) is 19.0 Å². The van der Waals surface area contributed by atoms with Crippen LogP contribution < -0.4 is 15.5 Å². The minimum absolute atomic E-state index is 0. The van der Waals surface area contributed by atoms with E-state index in [1.807, 2.05) is 26.1 Å². The lowest BCUT2D eigenvalue weighted by atomic mass is 10.1. The highest BCUT2D eigenvalue weighted by atomic mass is 127. The molecule has 29 heavy (non-hydrogen) atoms. The molecule has 1 saturated heterocycles. The number of nitrogens with zero attached hydrogens (tertiary/aromatic N) is 4. The Labute approximate surface area is 188 Å². The number of guanidine groups is 1. The maximum atomic E-state index is 12.4. The average molecular weight is 528 g/mol. The second-order valence-electron chi connectivity index (χ2n) is 7.21. The summed E-state index contributed by atoms with van der Waals surface area (Å²) in [4.78, 5) is 12.4. The number of nitrogens with one attached hydrogen (secondary N) is 2. The van der Waals surface area contributed by atoms with Crippen LogP contribution >= 0.6 is 24.0 Å². The molecule has 1 aromatic heterocycles. The number of pyridine rings is 1. The molecule has 1 aliphatic heterocycles. The van der Waals surface area contributed by atoms with Crippen LogP contribution in [0.4, 0.5) is 19.0 Å². The highest BCUT2D eigenvalue weighted by molar-refractivity contribution is 14.0. The predicted octanol–water partition coefficient (Wildman–Crippen LogP) is 3.03. The Morgan fingerprint density at radius 1 is 1.31 bits per heavy atom. The van der Waals surface area contributed by atoms with Crippen LogP contribution in [0.25, 0.3) is 0 Å². The van der Waals surface area contributed by atoms with E-state index < -0.39 is 12.7 Å². The van der Waals surface area contributed by atoms with Gasteiger partial charge in [-0.25, -0.2) is 4.98 Å². The molecule has 2 rings (SSSR count). The number of aromatic nitrogens is 1. The largest absolute Gasteiger partial charge is 0.401 e. The van der Waals surface area contributed by atoms with Crippen LogP contribution in [0.15, 0.2) is 23.3 Å². The van der Waals surface area contributed by atoms with Crippen molar-refractivity contribution in [2.45, 2.75) is 38.9 Å². The SMILES string of the molecule is CCNC(=NCCN(C)CC(F)(F)F)NC1CCN(c2ccc(C)cn2)CC1.I. The van der Waals surface area contributed by atoms with Crippen molar-refractivity contribution < 1.29 is 13.2 Å². The fraction of sp³-hybridized carbons (Fsp3) is 0.684. The molecule has 0 amide bonds. The van der Waals surface area contributed by atoms with Crippen molar-refractivity contribution in [1.82, 2.24) is 20.5 Å². The number of hydrogen-bond donors (Lipinski definition) is 2. The summed E-state index contributed by atoms with van der Waals surface area (Å²) >= 11 is 0. The normalized spacial score (nSPS) is 16.0. The molecule has 6 nitrogen and oxygen atoms in total. The lowest BCUT2D eigenvalue weighted by Crippen LogP contribution is -2.49. The van der Waals surface area contributed by atoms with Crippen LogP contribution in [0, 0.1) is 6.92 Å². The molecule has 0 saturated carbocycles. The fourth-order valence-electron chi connectivity index (χ4n) is 3.13. The van der Waals surface area contributed by atoms with Gasteiger partial charge in [0.15, 0.2) is 5.96 Å². The first-order valence-electron chi connectivity index (χ1n) is 9.74. The van der Waals surface area contributed by atoms with Crippen molar-refractivity contribution in [2.24, 2.45) is 4.99 Å². The van der Waals surface area contributed by atoms with E-state index in [0.717, 1.165) is 37.3 Å². The smallest absolute Gasteiger partial charge is 0.357 e. The Bertz CT molecular complexity index is 615. The van der Waals surface area contributed by atoms with Crippen molar-refractivity contribution in [3.63, 3.8) is 0 Å². The average Bonchev–Trinajstić information content (AvgIpc) is 2.62. The number of aliphatic imine (C=N–C) groups is 1. The number of likely N-dealkylation sites (N-methyl/N-ethyl adjacent to an activating group) is 1. The molecule has 1 aliphatic rings. The maximum absolute atomic E-state index is 12.4. The zero-order valence-corrected chi connectivity index (χ0v) is 19.6. The van der Waals surface area contributed by atoms with E-state index in [9.17, 15) is 13.2 Å². The molecule has 0 spiro atoms. The maximum Gasteiger partial charge on any atom is 0.401 e. The monoisotopic (exact) mass is 528 g/mol. The zero-order valence-electron chi connectivity index (χ0n) is 17.3. The summed E-state index contributed by atoms with van der Waals surface area (Å²) in [6.45, 7) is 6.16. The Kier molecular flexibility index (Phi) is 11.0. The Morgan fingerprint density at radius 3 is 2.55 bits per heavy atom. The molecular formula is C19H32F3IN6. The standard InChI is InChI=1S/C19H31F3N6.HI/c1-4-23-18(24-9-12-27(3)14-19(20,21)22)26-16-7-10-28(11-8-16)17-6-5-15(2)13-25-17;/h5-6,13,16H,4,7-12,14H2,1-3H3,(H2,23,24,26);1H. The molecule has 0 radical (unpaired) electrons. The Morgan fingerprint density at radius 2 is 2.00 bits per heavy atom. The van der Waals surface area contributed by atoms with Gasteiger partial charge in [-0.15, -0.1) is 24.0 Å². The van der Waals surface area contributed by atoms with Crippen LogP contribution in [0.5, 0.6) is 0 Å². The van der Waals surface area contributed by atoms with Crippen LogP contribution in [0.3, 0.4) is 0 Å². The molecule has 1 fully saturated rings. The molecule has 166 valence electrons. The molecule has 2 heterocycles. The van der Waals surface area contributed by atoms with Crippen molar-refractivity contribution in [2.75, 3.05) is 51.2 Å². The lowest BCUT2D eigenvalue weighted by molar-refractivity contribution is -0.142. The number of aryl methyl sites for hydroxylation is 1. The summed E-state index contributed by atoms with van der Waals surface area (Å²) in [7, 11) is 1.46. The first-order chi connectivity index (χ1) is 13.3. The number of alkyl halides is 3. The quantitative estimate of drug-likeness (QED) is 0.324. The van der Waals surface area contributed by atoms with Gasteiger partial charge in [0.05, 0.1) is 13.1 Å². The van der Waals surface area contributed by atoms with Crippen LogP contribution in [0.1, 0.15) is 25.3 Å². The minimum atomic E-state index is -4.18. The van der Waals surface area contributed by atoms with E-state index in [1.54, 1.807) is 0 Å². The van der Waals surface area contributed by atoms with Gasteiger partial charge in [0, 0.05) is 38.4 Å². The second-order valence-corrected chi connectivity index (χ2v) is 7.21. The fourth-order valence-corrected chi connectivity index (χ4v) is 3.13. The molecular weight excluding hydrogens is 496 g/mol. The number of hydrogen-bond acceptors (Lipinski definition) is 4. The van der Waals surface area contributed by atoms with Crippen LogP contribution in [0.2, 0.25) is 0 Å². The Hall–Kier alpha value is -1.30. The summed E-state index contributed by atoms with van der Waals surface area (Å²) < 4.78 is 37.2. The molecule has 2 N–H and O–H groups in total. The van der Waals surface area contributed by atoms with E-state index in [1.165, 1.54) is 11.9 Å². The van der Waals surface area contributed by atoms with Crippen molar-refractivity contribution >= 4 is 35.8 Å². The highest BCUT2D eigenvalue weighted by Gasteiger charge is 2.28. The molecule has 1 aromatic rings. The lowest BCUT2D eigenvalue weighted by Gasteiger charge is -2.33. The van der Waals surface area contributed by atoms with E-state index in [4.69, 9.17) is 0 Å². The Balaban J connectivity index is 0.00000420. The summed E-state index contributed by atoms with van der Waals surface area (Å²) in [6, 6.07) is 4.40. The minimum Gasteiger partial charge on any atom is -0.357 e. The summed E-state index contributed by atoms with van der Waals surface area (Å²) in [5.41, 5.74) is 1.15. The van der Waals surface area contributed by atoms with E-state index >= 15 is 0 Å². The van der Waals surface area contributed by atoms with Gasteiger partial charge in [0.25, 0.3) is 0 Å².